The molecule has 1 unspecified atom stereocenters. The Morgan fingerprint density at radius 3 is 2.27 bits per heavy atom. The number of benzene rings is 2. The third-order valence-corrected chi connectivity index (χ3v) is 3.15. The molecule has 0 saturated carbocycles. The fraction of sp³-hybridized carbons (Fsp3) is 0.235. The van der Waals surface area contributed by atoms with Crippen LogP contribution in [-0.2, 0) is 22.6 Å². The van der Waals surface area contributed by atoms with Crippen molar-refractivity contribution in [2.45, 2.75) is 19.1 Å². The van der Waals surface area contributed by atoms with Crippen LogP contribution in [-0.4, -0.2) is 73.2 Å². The third kappa shape index (κ3) is 6.16. The molecule has 2 aromatic rings. The van der Waals surface area contributed by atoms with Gasteiger partial charge in [-0.3, -0.25) is 0 Å². The van der Waals surface area contributed by atoms with Crippen molar-refractivity contribution in [3.05, 3.63) is 65.7 Å². The number of carbonyl (C=O) groups is 1. The topological polar surface area (TPSA) is 55.8 Å². The Bertz CT molecular complexity index is 579. The van der Waals surface area contributed by atoms with E-state index in [9.17, 15) is 4.79 Å². The van der Waals surface area contributed by atoms with Crippen LogP contribution in [0.5, 0.6) is 5.75 Å². The Morgan fingerprint density at radius 1 is 1.09 bits per heavy atom. The van der Waals surface area contributed by atoms with Gasteiger partial charge in [0.1, 0.15) is 12.4 Å². The maximum Gasteiger partial charge on any atom is 2.00 e. The van der Waals surface area contributed by atoms with Crippen LogP contribution in [0.4, 0.5) is 0 Å². The van der Waals surface area contributed by atoms with Crippen LogP contribution >= 0.6 is 0 Å². The van der Waals surface area contributed by atoms with Crippen molar-refractivity contribution >= 4 is 54.9 Å². The summed E-state index contributed by atoms with van der Waals surface area (Å²) in [6.45, 7) is 0.510. The maximum atomic E-state index is 10.9. The first-order valence-electron chi connectivity index (χ1n) is 6.70. The van der Waals surface area contributed by atoms with Crippen LogP contribution in [0, 0.1) is 0 Å². The van der Waals surface area contributed by atoms with Crippen LogP contribution < -0.4 is 4.74 Å². The van der Waals surface area contributed by atoms with E-state index in [1.54, 1.807) is 0 Å². The van der Waals surface area contributed by atoms with E-state index in [0.717, 1.165) is 16.9 Å². The minimum Gasteiger partial charge on any atom is -1.00 e. The Labute approximate surface area is 173 Å². The number of aliphatic carboxylic acids is 1. The average molecular weight is 426 g/mol. The molecule has 0 aromatic heterocycles. The second kappa shape index (κ2) is 10.1. The zero-order valence-corrected chi connectivity index (χ0v) is 17.0. The summed E-state index contributed by atoms with van der Waals surface area (Å²) in [5, 5.41) is 8.95. The second-order valence-electron chi connectivity index (χ2n) is 4.68. The van der Waals surface area contributed by atoms with Gasteiger partial charge < -0.3 is 17.4 Å². The number of methoxy groups -OCH3 is 1. The summed E-state index contributed by atoms with van der Waals surface area (Å²) >= 11 is 0. The molecule has 1 N–H and O–H groups in total. The van der Waals surface area contributed by atoms with Crippen molar-refractivity contribution in [1.82, 2.24) is 0 Å². The fourth-order valence-electron chi connectivity index (χ4n) is 1.95. The Hall–Kier alpha value is -0.759. The summed E-state index contributed by atoms with van der Waals surface area (Å²) in [5.41, 5.74) is 2.00. The van der Waals surface area contributed by atoms with Gasteiger partial charge in [0.05, 0.1) is 0 Å². The van der Waals surface area contributed by atoms with E-state index >= 15 is 0 Å². The molecule has 0 amide bonds. The van der Waals surface area contributed by atoms with E-state index in [1.807, 2.05) is 54.6 Å². The Balaban J connectivity index is 0. The summed E-state index contributed by atoms with van der Waals surface area (Å²) in [4.78, 5) is 10.9. The van der Waals surface area contributed by atoms with Gasteiger partial charge in [-0.05, 0) is 23.3 Å². The molecule has 4 nitrogen and oxygen atoms in total. The molecule has 0 spiro atoms. The minimum atomic E-state index is -0.957. The molecule has 2 aromatic carbocycles. The number of rotatable bonds is 7. The summed E-state index contributed by atoms with van der Waals surface area (Å²) in [6.07, 6.45) is -0.480. The number of hydrogen-bond donors (Lipinski definition) is 1. The van der Waals surface area contributed by atoms with Gasteiger partial charge in [0.25, 0.3) is 0 Å². The summed E-state index contributed by atoms with van der Waals surface area (Å²) < 4.78 is 10.6. The van der Waals surface area contributed by atoms with Gasteiger partial charge in [-0.15, -0.1) is 0 Å². The van der Waals surface area contributed by atoms with Crippen LogP contribution in [0.2, 0.25) is 0 Å². The van der Waals surface area contributed by atoms with Crippen LogP contribution in [0.25, 0.3) is 0 Å². The van der Waals surface area contributed by atoms with Crippen molar-refractivity contribution in [2.24, 2.45) is 0 Å². The van der Waals surface area contributed by atoms with E-state index in [0.29, 0.717) is 13.0 Å². The van der Waals surface area contributed by atoms with Gasteiger partial charge in [-0.2, -0.15) is 0 Å². The number of carboxylic acid groups (broad SMARTS) is 1. The van der Waals surface area contributed by atoms with E-state index in [4.69, 9.17) is 14.6 Å². The van der Waals surface area contributed by atoms with Crippen LogP contribution in [0.15, 0.2) is 54.6 Å². The predicted octanol–water partition coefficient (Wildman–Crippen LogP) is 2.75. The van der Waals surface area contributed by atoms with Gasteiger partial charge in [0, 0.05) is 13.5 Å². The normalized spacial score (nSPS) is 11.3. The molecule has 0 fully saturated rings. The zero-order valence-electron chi connectivity index (χ0n) is 14.6. The van der Waals surface area contributed by atoms with Gasteiger partial charge in [0.15, 0.2) is 6.10 Å². The number of ether oxygens (including phenoxy) is 2. The van der Waals surface area contributed by atoms with Crippen LogP contribution in [0.1, 0.15) is 14.0 Å². The molecule has 114 valence electrons. The summed E-state index contributed by atoms with van der Waals surface area (Å²) in [6, 6.07) is 17.3. The first kappa shape index (κ1) is 19.3. The van der Waals surface area contributed by atoms with Crippen molar-refractivity contribution in [1.29, 1.82) is 0 Å². The minimum absolute atomic E-state index is 0. The molecular weight excluding hydrogens is 406 g/mol. The van der Waals surface area contributed by atoms with Gasteiger partial charge in [-0.1, -0.05) is 42.5 Å². The number of carboxylic acids is 1. The molecular formula is C17H20BaO4. The standard InChI is InChI=1S/C17H18O4.Ba.2H/c1-20-16(17(18)19)11-13-7-9-15(10-8-13)21-12-14-5-3-2-4-6-14;;;/h2-10,16H,11-12H2,1H3,(H,18,19);;;/q;+2;2*-1. The van der Waals surface area contributed by atoms with Crippen LogP contribution in [0.3, 0.4) is 0 Å². The van der Waals surface area contributed by atoms with E-state index in [2.05, 4.69) is 0 Å². The largest absolute Gasteiger partial charge is 2.00 e. The summed E-state index contributed by atoms with van der Waals surface area (Å²) in [7, 11) is 1.40. The molecule has 5 heteroatoms. The molecule has 0 aliphatic carbocycles. The molecule has 0 aliphatic rings. The van der Waals surface area contributed by atoms with Crippen molar-refractivity contribution in [3.63, 3.8) is 0 Å². The van der Waals surface area contributed by atoms with Gasteiger partial charge in [-0.25, -0.2) is 4.79 Å². The molecule has 0 saturated heterocycles. The van der Waals surface area contributed by atoms with Crippen molar-refractivity contribution in [3.8, 4) is 5.75 Å². The third-order valence-electron chi connectivity index (χ3n) is 3.15. The zero-order chi connectivity index (χ0) is 15.1. The molecule has 0 heterocycles. The van der Waals surface area contributed by atoms with E-state index in [1.165, 1.54) is 7.11 Å². The predicted molar refractivity (Wildman–Crippen MR) is 87.3 cm³/mol. The van der Waals surface area contributed by atoms with Crippen molar-refractivity contribution in [2.75, 3.05) is 7.11 Å². The van der Waals surface area contributed by atoms with Gasteiger partial charge >= 0.3 is 54.9 Å². The monoisotopic (exact) mass is 426 g/mol. The smallest absolute Gasteiger partial charge is 1.00 e. The summed E-state index contributed by atoms with van der Waals surface area (Å²) in [5.74, 6) is -0.200. The second-order valence-corrected chi connectivity index (χ2v) is 4.68. The molecule has 2 rings (SSSR count). The molecule has 22 heavy (non-hydrogen) atoms. The van der Waals surface area contributed by atoms with E-state index in [-0.39, 0.29) is 51.7 Å². The van der Waals surface area contributed by atoms with Crippen molar-refractivity contribution < 1.29 is 22.2 Å². The molecule has 0 radical (unpaired) electrons. The Morgan fingerprint density at radius 2 is 1.73 bits per heavy atom. The first-order chi connectivity index (χ1) is 10.2. The van der Waals surface area contributed by atoms with E-state index < -0.39 is 12.1 Å². The maximum absolute atomic E-state index is 10.9. The molecule has 0 aliphatic heterocycles. The quantitative estimate of drug-likeness (QED) is 0.693. The fourth-order valence-corrected chi connectivity index (χ4v) is 1.95. The molecule has 1 atom stereocenters. The average Bonchev–Trinajstić information content (AvgIpc) is 2.52. The van der Waals surface area contributed by atoms with Gasteiger partial charge in [0.2, 0.25) is 0 Å². The molecule has 0 bridgehead atoms. The Kier molecular flexibility index (Phi) is 8.85. The first-order valence-corrected chi connectivity index (χ1v) is 6.70. The number of hydrogen-bond acceptors (Lipinski definition) is 3. The SMILES string of the molecule is COC(Cc1ccc(OCc2ccccc2)cc1)C(=O)O.[Ba+2].[H-].[H-].